The molecule has 0 unspecified atom stereocenters. The van der Waals surface area contributed by atoms with Crippen LogP contribution in [0.3, 0.4) is 0 Å². The van der Waals surface area contributed by atoms with Crippen LogP contribution in [0.4, 0.5) is 5.82 Å². The van der Waals surface area contributed by atoms with E-state index < -0.39 is 0 Å². The predicted octanol–water partition coefficient (Wildman–Crippen LogP) is 4.48. The van der Waals surface area contributed by atoms with Crippen molar-refractivity contribution in [3.63, 3.8) is 0 Å². The molecule has 8 heteroatoms. The maximum Gasteiger partial charge on any atom is 0.348 e. The number of carbonyl (C=O) groups is 1. The molecule has 0 atom stereocenters. The molecule has 1 N–H and O–H groups in total. The summed E-state index contributed by atoms with van der Waals surface area (Å²) in [5, 5.41) is 4.24. The van der Waals surface area contributed by atoms with E-state index in [1.54, 1.807) is 14.2 Å². The van der Waals surface area contributed by atoms with Gasteiger partial charge >= 0.3 is 5.97 Å². The molecule has 0 aliphatic carbocycles. The molecule has 0 spiro atoms. The van der Waals surface area contributed by atoms with Crippen molar-refractivity contribution in [3.8, 4) is 11.5 Å². The molecular formula is C22H27N3O4S. The molecule has 0 aliphatic rings. The standard InChI is InChI=1S/C22H27N3O4S/c1-13(2)11-29-22(26)19-14(3)18-20(24-12-25-21(18)30-19)23-9-8-15-6-7-16(27-4)17(10-15)28-5/h6-7,10,12-13H,8-9,11H2,1-5H3,(H,23,24,25). The van der Waals surface area contributed by atoms with Gasteiger partial charge in [0.2, 0.25) is 0 Å². The molecule has 2 heterocycles. The topological polar surface area (TPSA) is 82.6 Å². The lowest BCUT2D eigenvalue weighted by Gasteiger charge is -2.11. The van der Waals surface area contributed by atoms with E-state index >= 15 is 0 Å². The summed E-state index contributed by atoms with van der Waals surface area (Å²) in [5.41, 5.74) is 1.96. The zero-order chi connectivity index (χ0) is 21.7. The average Bonchev–Trinajstić information content (AvgIpc) is 3.09. The third-order valence-electron chi connectivity index (χ3n) is 4.61. The number of methoxy groups -OCH3 is 2. The number of fused-ring (bicyclic) bond motifs is 1. The maximum atomic E-state index is 12.5. The number of hydrogen-bond donors (Lipinski definition) is 1. The predicted molar refractivity (Wildman–Crippen MR) is 119 cm³/mol. The second-order valence-corrected chi connectivity index (χ2v) is 8.32. The van der Waals surface area contributed by atoms with Gasteiger partial charge in [-0.3, -0.25) is 0 Å². The van der Waals surface area contributed by atoms with Gasteiger partial charge in [0.15, 0.2) is 11.5 Å². The monoisotopic (exact) mass is 429 g/mol. The number of ether oxygens (including phenoxy) is 3. The van der Waals surface area contributed by atoms with Crippen molar-refractivity contribution in [2.45, 2.75) is 27.2 Å². The highest BCUT2D eigenvalue weighted by molar-refractivity contribution is 7.20. The Morgan fingerprint density at radius 1 is 1.17 bits per heavy atom. The van der Waals surface area contributed by atoms with E-state index in [0.29, 0.717) is 29.5 Å². The van der Waals surface area contributed by atoms with E-state index in [-0.39, 0.29) is 11.9 Å². The molecule has 7 nitrogen and oxygen atoms in total. The van der Waals surface area contributed by atoms with Crippen LogP contribution in [0.2, 0.25) is 0 Å². The lowest BCUT2D eigenvalue weighted by Crippen LogP contribution is -2.10. The van der Waals surface area contributed by atoms with Crippen LogP contribution >= 0.6 is 11.3 Å². The summed E-state index contributed by atoms with van der Waals surface area (Å²) < 4.78 is 16.1. The van der Waals surface area contributed by atoms with Gasteiger partial charge < -0.3 is 19.5 Å². The smallest absolute Gasteiger partial charge is 0.348 e. The first-order valence-electron chi connectivity index (χ1n) is 9.80. The molecule has 3 aromatic rings. The van der Waals surface area contributed by atoms with Crippen LogP contribution in [0.15, 0.2) is 24.5 Å². The minimum Gasteiger partial charge on any atom is -0.493 e. The van der Waals surface area contributed by atoms with Crippen molar-refractivity contribution in [3.05, 3.63) is 40.5 Å². The average molecular weight is 430 g/mol. The fourth-order valence-corrected chi connectivity index (χ4v) is 4.11. The van der Waals surface area contributed by atoms with E-state index in [9.17, 15) is 4.79 Å². The van der Waals surface area contributed by atoms with Crippen LogP contribution < -0.4 is 14.8 Å². The number of aromatic nitrogens is 2. The molecule has 3 rings (SSSR count). The number of anilines is 1. The van der Waals surface area contributed by atoms with Crippen molar-refractivity contribution in [1.29, 1.82) is 0 Å². The molecule has 0 bridgehead atoms. The SMILES string of the molecule is COc1ccc(CCNc2ncnc3sc(C(=O)OCC(C)C)c(C)c23)cc1OC. The quantitative estimate of drug-likeness (QED) is 0.502. The zero-order valence-corrected chi connectivity index (χ0v) is 18.8. The van der Waals surface area contributed by atoms with Gasteiger partial charge in [-0.2, -0.15) is 0 Å². The van der Waals surface area contributed by atoms with Gasteiger partial charge in [0.1, 0.15) is 21.9 Å². The molecular weight excluding hydrogens is 402 g/mol. The van der Waals surface area contributed by atoms with Gasteiger partial charge in [-0.1, -0.05) is 19.9 Å². The molecule has 0 saturated carbocycles. The van der Waals surface area contributed by atoms with Gasteiger partial charge in [0, 0.05) is 6.54 Å². The second-order valence-electron chi connectivity index (χ2n) is 7.32. The van der Waals surface area contributed by atoms with Crippen LogP contribution in [-0.4, -0.2) is 43.3 Å². The summed E-state index contributed by atoms with van der Waals surface area (Å²) in [6, 6.07) is 5.88. The van der Waals surface area contributed by atoms with Crippen molar-refractivity contribution >= 4 is 33.3 Å². The zero-order valence-electron chi connectivity index (χ0n) is 17.9. The largest absolute Gasteiger partial charge is 0.493 e. The lowest BCUT2D eigenvalue weighted by molar-refractivity contribution is 0.0464. The number of rotatable bonds is 9. The number of benzene rings is 1. The number of thiophene rings is 1. The molecule has 0 fully saturated rings. The first-order chi connectivity index (χ1) is 14.4. The van der Waals surface area contributed by atoms with E-state index in [2.05, 4.69) is 15.3 Å². The molecule has 0 amide bonds. The van der Waals surface area contributed by atoms with Crippen LogP contribution in [0, 0.1) is 12.8 Å². The summed E-state index contributed by atoms with van der Waals surface area (Å²) in [7, 11) is 3.25. The van der Waals surface area contributed by atoms with Gasteiger partial charge in [0.05, 0.1) is 26.2 Å². The number of nitrogens with one attached hydrogen (secondary N) is 1. The van der Waals surface area contributed by atoms with E-state index in [1.165, 1.54) is 17.7 Å². The fourth-order valence-electron chi connectivity index (χ4n) is 3.07. The Morgan fingerprint density at radius 2 is 1.93 bits per heavy atom. The minimum atomic E-state index is -0.305. The number of nitrogens with zero attached hydrogens (tertiary/aromatic N) is 2. The van der Waals surface area contributed by atoms with Crippen molar-refractivity contribution in [2.75, 3.05) is 32.7 Å². The number of carbonyl (C=O) groups excluding carboxylic acids is 1. The van der Waals surface area contributed by atoms with Crippen LogP contribution in [0.25, 0.3) is 10.2 Å². The summed E-state index contributed by atoms with van der Waals surface area (Å²) in [6.07, 6.45) is 2.29. The normalized spacial score (nSPS) is 11.0. The van der Waals surface area contributed by atoms with Gasteiger partial charge in [0.25, 0.3) is 0 Å². The summed E-state index contributed by atoms with van der Waals surface area (Å²) in [4.78, 5) is 22.5. The Labute approximate surface area is 180 Å². The highest BCUT2D eigenvalue weighted by Crippen LogP contribution is 2.34. The second kappa shape index (κ2) is 9.75. The summed E-state index contributed by atoms with van der Waals surface area (Å²) >= 11 is 1.34. The van der Waals surface area contributed by atoms with Crippen molar-refractivity contribution in [2.24, 2.45) is 5.92 Å². The van der Waals surface area contributed by atoms with Gasteiger partial charge in [-0.25, -0.2) is 14.8 Å². The summed E-state index contributed by atoms with van der Waals surface area (Å²) in [6.45, 7) is 7.00. The van der Waals surface area contributed by atoms with Crippen LogP contribution in [-0.2, 0) is 11.2 Å². The minimum absolute atomic E-state index is 0.289. The van der Waals surface area contributed by atoms with Crippen LogP contribution in [0.5, 0.6) is 11.5 Å². The Morgan fingerprint density at radius 3 is 2.63 bits per heavy atom. The number of esters is 1. The first-order valence-corrected chi connectivity index (χ1v) is 10.6. The molecule has 0 radical (unpaired) electrons. The number of hydrogen-bond acceptors (Lipinski definition) is 8. The van der Waals surface area contributed by atoms with Crippen molar-refractivity contribution < 1.29 is 19.0 Å². The summed E-state index contributed by atoms with van der Waals surface area (Å²) in [5.74, 6) is 2.12. The molecule has 0 aliphatic heterocycles. The van der Waals surface area contributed by atoms with Crippen LogP contribution in [0.1, 0.15) is 34.6 Å². The molecule has 30 heavy (non-hydrogen) atoms. The van der Waals surface area contributed by atoms with Gasteiger partial charge in [-0.15, -0.1) is 11.3 Å². The number of aryl methyl sites for hydroxylation is 1. The van der Waals surface area contributed by atoms with Crippen molar-refractivity contribution in [1.82, 2.24) is 9.97 Å². The molecule has 0 saturated heterocycles. The van der Waals surface area contributed by atoms with Gasteiger partial charge in [-0.05, 0) is 42.5 Å². The Balaban J connectivity index is 1.74. The fraction of sp³-hybridized carbons (Fsp3) is 0.409. The van der Waals surface area contributed by atoms with E-state index in [0.717, 1.165) is 33.6 Å². The first kappa shape index (κ1) is 21.8. The molecule has 2 aromatic heterocycles. The lowest BCUT2D eigenvalue weighted by atomic mass is 10.1. The third-order valence-corrected chi connectivity index (χ3v) is 5.79. The highest BCUT2D eigenvalue weighted by atomic mass is 32.1. The Kier molecular flexibility index (Phi) is 7.10. The molecule has 1 aromatic carbocycles. The molecule has 160 valence electrons. The maximum absolute atomic E-state index is 12.5. The Bertz CT molecular complexity index is 1030. The Hall–Kier alpha value is -2.87. The van der Waals surface area contributed by atoms with E-state index in [4.69, 9.17) is 14.2 Å². The highest BCUT2D eigenvalue weighted by Gasteiger charge is 2.20. The third kappa shape index (κ3) is 4.81. The van der Waals surface area contributed by atoms with E-state index in [1.807, 2.05) is 39.0 Å².